The predicted molar refractivity (Wildman–Crippen MR) is 66.2 cm³/mol. The number of nitrogen functional groups attached to an aromatic ring is 1. The van der Waals surface area contributed by atoms with E-state index in [1.165, 1.54) is 6.92 Å². The van der Waals surface area contributed by atoms with Crippen LogP contribution in [0.25, 0.3) is 0 Å². The number of hydrogen-bond donors (Lipinski definition) is 2. The Morgan fingerprint density at radius 2 is 1.75 bits per heavy atom. The Hall–Kier alpha value is -0.920. The molecule has 0 amide bonds. The van der Waals surface area contributed by atoms with Crippen molar-refractivity contribution in [2.45, 2.75) is 6.92 Å². The summed E-state index contributed by atoms with van der Waals surface area (Å²) in [7, 11) is -3.66. The van der Waals surface area contributed by atoms with Crippen LogP contribution in [0.5, 0.6) is 0 Å². The van der Waals surface area contributed by atoms with Gasteiger partial charge in [0.15, 0.2) is 0 Å². The van der Waals surface area contributed by atoms with Gasteiger partial charge in [0.05, 0.1) is 5.75 Å². The molecule has 1 aromatic rings. The summed E-state index contributed by atoms with van der Waals surface area (Å²) in [5, 5.41) is 0. The van der Waals surface area contributed by atoms with Crippen LogP contribution in [0.4, 0.5) is 5.69 Å². The van der Waals surface area contributed by atoms with Crippen LogP contribution in [-0.4, -0.2) is 23.4 Å². The molecule has 16 heavy (non-hydrogen) atoms. The molecule has 0 spiro atoms. The molecule has 0 aliphatic heterocycles. The zero-order valence-electron chi connectivity index (χ0n) is 8.55. The fourth-order valence-corrected chi connectivity index (χ4v) is 0.878. The molecule has 0 heterocycles. The number of anilines is 1. The first-order chi connectivity index (χ1) is 7.26. The average molecular weight is 310 g/mol. The van der Waals surface area contributed by atoms with Crippen molar-refractivity contribution in [2.24, 2.45) is 0 Å². The first-order valence-electron chi connectivity index (χ1n) is 4.26. The van der Waals surface area contributed by atoms with Crippen molar-refractivity contribution in [2.75, 3.05) is 11.5 Å². The second kappa shape index (κ2) is 6.62. The van der Waals surface area contributed by atoms with Gasteiger partial charge in [-0.25, -0.2) is 0 Å². The van der Waals surface area contributed by atoms with Gasteiger partial charge in [-0.05, 0) is 47.1 Å². The Morgan fingerprint density at radius 3 is 2.00 bits per heavy atom. The Bertz CT molecular complexity index is 441. The molecular formula is C9H12BrNO4S. The molecule has 1 aromatic carbocycles. The normalized spacial score (nSPS) is 10.2. The van der Waals surface area contributed by atoms with E-state index in [-0.39, 0.29) is 10.4 Å². The topological polar surface area (TPSA) is 97.5 Å². The third kappa shape index (κ3) is 7.38. The van der Waals surface area contributed by atoms with Crippen LogP contribution in [0.15, 0.2) is 24.3 Å². The lowest BCUT2D eigenvalue weighted by atomic mass is 10.2. The summed E-state index contributed by atoms with van der Waals surface area (Å²) in [4.78, 5) is 10.6. The largest absolute Gasteiger partial charge is 0.399 e. The lowest BCUT2D eigenvalue weighted by molar-refractivity contribution is 0.109. The van der Waals surface area contributed by atoms with Gasteiger partial charge < -0.3 is 5.73 Å². The van der Waals surface area contributed by atoms with E-state index in [1.807, 2.05) is 0 Å². The SMILES string of the molecule is CCS(=O)(=O)O.Nc1ccc(C(=O)Br)cc1. The Balaban J connectivity index is 0.000000325. The van der Waals surface area contributed by atoms with E-state index in [9.17, 15) is 13.2 Å². The van der Waals surface area contributed by atoms with Crippen LogP contribution in [0, 0.1) is 0 Å². The predicted octanol–water partition coefficient (Wildman–Crippen LogP) is 1.70. The van der Waals surface area contributed by atoms with Crippen LogP contribution < -0.4 is 5.73 Å². The van der Waals surface area contributed by atoms with Crippen molar-refractivity contribution in [1.29, 1.82) is 0 Å². The van der Waals surface area contributed by atoms with Gasteiger partial charge in [-0.2, -0.15) is 8.42 Å². The third-order valence-electron chi connectivity index (χ3n) is 1.50. The smallest absolute Gasteiger partial charge is 0.264 e. The van der Waals surface area contributed by atoms with E-state index < -0.39 is 10.1 Å². The summed E-state index contributed by atoms with van der Waals surface area (Å²) in [6.45, 7) is 1.37. The molecule has 0 bridgehead atoms. The Kier molecular flexibility index (Phi) is 6.24. The maximum absolute atomic E-state index is 10.6. The molecule has 0 aliphatic carbocycles. The van der Waals surface area contributed by atoms with Crippen molar-refractivity contribution in [1.82, 2.24) is 0 Å². The maximum Gasteiger partial charge on any atom is 0.264 e. The molecule has 0 fully saturated rings. The van der Waals surface area contributed by atoms with Gasteiger partial charge in [0.2, 0.25) is 4.69 Å². The Morgan fingerprint density at radius 1 is 1.38 bits per heavy atom. The molecule has 3 N–H and O–H groups in total. The summed E-state index contributed by atoms with van der Waals surface area (Å²) in [6.07, 6.45) is 0. The molecule has 0 radical (unpaired) electrons. The summed E-state index contributed by atoms with van der Waals surface area (Å²) in [5.74, 6) is -0.201. The number of rotatable bonds is 2. The molecule has 90 valence electrons. The van der Waals surface area contributed by atoms with Crippen molar-refractivity contribution in [3.05, 3.63) is 29.8 Å². The maximum atomic E-state index is 10.6. The lowest BCUT2D eigenvalue weighted by Gasteiger charge is -1.93. The molecule has 5 nitrogen and oxygen atoms in total. The summed E-state index contributed by atoms with van der Waals surface area (Å²) in [6, 6.07) is 6.72. The minimum atomic E-state index is -3.66. The molecule has 1 rings (SSSR count). The highest BCUT2D eigenvalue weighted by molar-refractivity contribution is 9.18. The number of hydrogen-bond acceptors (Lipinski definition) is 4. The van der Waals surface area contributed by atoms with Gasteiger partial charge in [0, 0.05) is 11.3 Å². The van der Waals surface area contributed by atoms with Crippen LogP contribution in [0.2, 0.25) is 0 Å². The third-order valence-corrected chi connectivity index (χ3v) is 2.69. The number of carbonyl (C=O) groups excluding carboxylic acids is 1. The molecule has 0 atom stereocenters. The fraction of sp³-hybridized carbons (Fsp3) is 0.222. The van der Waals surface area contributed by atoms with E-state index in [4.69, 9.17) is 10.3 Å². The monoisotopic (exact) mass is 309 g/mol. The average Bonchev–Trinajstić information content (AvgIpc) is 2.18. The van der Waals surface area contributed by atoms with Crippen molar-refractivity contribution < 1.29 is 17.8 Å². The van der Waals surface area contributed by atoms with E-state index in [1.54, 1.807) is 24.3 Å². The van der Waals surface area contributed by atoms with Crippen LogP contribution in [0.1, 0.15) is 17.3 Å². The first-order valence-corrected chi connectivity index (χ1v) is 6.67. The second-order valence-corrected chi connectivity index (χ2v) is 5.23. The van der Waals surface area contributed by atoms with Crippen molar-refractivity contribution >= 4 is 36.4 Å². The van der Waals surface area contributed by atoms with E-state index in [0.717, 1.165) is 0 Å². The van der Waals surface area contributed by atoms with Gasteiger partial charge in [-0.15, -0.1) is 0 Å². The molecule has 0 aromatic heterocycles. The van der Waals surface area contributed by atoms with Crippen molar-refractivity contribution in [3.8, 4) is 0 Å². The first kappa shape index (κ1) is 15.1. The zero-order valence-corrected chi connectivity index (χ0v) is 11.0. The standard InChI is InChI=1S/C7H6BrNO.C2H6O3S/c8-7(10)5-1-3-6(9)4-2-5;1-2-6(3,4)5/h1-4H,9H2;2H2,1H3,(H,3,4,5). The van der Waals surface area contributed by atoms with E-state index in [0.29, 0.717) is 11.3 Å². The number of halogens is 1. The van der Waals surface area contributed by atoms with E-state index in [2.05, 4.69) is 15.9 Å². The number of carbonyl (C=O) groups is 1. The van der Waals surface area contributed by atoms with Gasteiger partial charge in [-0.1, -0.05) is 0 Å². The van der Waals surface area contributed by atoms with Gasteiger partial charge in [0.25, 0.3) is 10.1 Å². The fourth-order valence-electron chi connectivity index (χ4n) is 0.614. The highest BCUT2D eigenvalue weighted by Gasteiger charge is 1.97. The molecule has 0 aliphatic rings. The van der Waals surface area contributed by atoms with Gasteiger partial charge in [-0.3, -0.25) is 9.35 Å². The minimum Gasteiger partial charge on any atom is -0.399 e. The molecular weight excluding hydrogens is 298 g/mol. The van der Waals surface area contributed by atoms with Crippen LogP contribution >= 0.6 is 15.9 Å². The zero-order chi connectivity index (χ0) is 12.8. The summed E-state index contributed by atoms with van der Waals surface area (Å²) in [5.41, 5.74) is 6.68. The second-order valence-electron chi connectivity index (χ2n) is 2.77. The number of benzene rings is 1. The number of nitrogens with two attached hydrogens (primary N) is 1. The van der Waals surface area contributed by atoms with Gasteiger partial charge in [0.1, 0.15) is 0 Å². The van der Waals surface area contributed by atoms with E-state index >= 15 is 0 Å². The highest BCUT2D eigenvalue weighted by Crippen LogP contribution is 2.08. The van der Waals surface area contributed by atoms with Crippen LogP contribution in [-0.2, 0) is 10.1 Å². The quantitative estimate of drug-likeness (QED) is 0.492. The molecule has 0 saturated carbocycles. The molecule has 0 saturated heterocycles. The molecule has 7 heteroatoms. The highest BCUT2D eigenvalue weighted by atomic mass is 79.9. The van der Waals surface area contributed by atoms with Crippen LogP contribution in [0.3, 0.4) is 0 Å². The lowest BCUT2D eigenvalue weighted by Crippen LogP contribution is -1.97. The van der Waals surface area contributed by atoms with Crippen molar-refractivity contribution in [3.63, 3.8) is 0 Å². The van der Waals surface area contributed by atoms with Gasteiger partial charge >= 0.3 is 0 Å². The Labute approximate surface area is 103 Å². The molecule has 0 unspecified atom stereocenters. The minimum absolute atomic E-state index is 0.118. The summed E-state index contributed by atoms with van der Waals surface area (Å²) < 4.78 is 26.8. The summed E-state index contributed by atoms with van der Waals surface area (Å²) >= 11 is 2.83.